The minimum absolute atomic E-state index is 0.0491. The lowest BCUT2D eigenvalue weighted by molar-refractivity contribution is -0.124. The number of ether oxygens (including phenoxy) is 1. The maximum atomic E-state index is 12.4. The van der Waals surface area contributed by atoms with Crippen molar-refractivity contribution in [2.24, 2.45) is 5.92 Å². The van der Waals surface area contributed by atoms with Gasteiger partial charge in [0.2, 0.25) is 5.91 Å². The van der Waals surface area contributed by atoms with Crippen LogP contribution < -0.4 is 10.6 Å². The zero-order valence-electron chi connectivity index (χ0n) is 15.4. The van der Waals surface area contributed by atoms with E-state index in [1.807, 2.05) is 48.9 Å². The van der Waals surface area contributed by atoms with Gasteiger partial charge >= 0.3 is 6.09 Å². The van der Waals surface area contributed by atoms with Crippen LogP contribution in [0.25, 0.3) is 0 Å². The average Bonchev–Trinajstić information content (AvgIpc) is 3.11. The number of nitrogens with zero attached hydrogens (tertiary/aromatic N) is 2. The number of aromatic nitrogens is 2. The van der Waals surface area contributed by atoms with E-state index >= 15 is 0 Å². The van der Waals surface area contributed by atoms with Gasteiger partial charge in [-0.15, -0.1) is 0 Å². The highest BCUT2D eigenvalue weighted by Gasteiger charge is 2.24. The van der Waals surface area contributed by atoms with E-state index in [9.17, 15) is 9.59 Å². The van der Waals surface area contributed by atoms with Gasteiger partial charge in [-0.25, -0.2) is 9.78 Å². The van der Waals surface area contributed by atoms with Gasteiger partial charge in [-0.3, -0.25) is 4.79 Å². The third-order valence-corrected chi connectivity index (χ3v) is 3.88. The fourth-order valence-corrected chi connectivity index (χ4v) is 2.56. The number of rotatable bonds is 8. The molecule has 2 N–H and O–H groups in total. The molecule has 0 bridgehead atoms. The minimum atomic E-state index is -0.636. The van der Waals surface area contributed by atoms with Crippen molar-refractivity contribution in [3.63, 3.8) is 0 Å². The van der Waals surface area contributed by atoms with Gasteiger partial charge in [0.05, 0.1) is 12.9 Å². The van der Waals surface area contributed by atoms with Crippen LogP contribution in [0.1, 0.15) is 31.9 Å². The normalized spacial score (nSPS) is 11.8. The predicted molar refractivity (Wildman–Crippen MR) is 98.4 cm³/mol. The maximum absolute atomic E-state index is 12.4. The summed E-state index contributed by atoms with van der Waals surface area (Å²) in [6.07, 6.45) is 4.83. The van der Waals surface area contributed by atoms with Gasteiger partial charge in [-0.05, 0) is 24.0 Å². The molecular formula is C19H26N4O3. The molecule has 1 unspecified atom stereocenters. The molecule has 0 aliphatic heterocycles. The zero-order chi connectivity index (χ0) is 18.9. The van der Waals surface area contributed by atoms with Crippen LogP contribution in [0.2, 0.25) is 0 Å². The number of carbonyl (C=O) groups is 2. The molecule has 0 aliphatic rings. The Morgan fingerprint density at radius 1 is 1.27 bits per heavy atom. The minimum Gasteiger partial charge on any atom is -0.450 e. The summed E-state index contributed by atoms with van der Waals surface area (Å²) in [5.74, 6) is -0.278. The molecule has 1 heterocycles. The Hall–Kier alpha value is -2.83. The molecule has 7 nitrogen and oxygen atoms in total. The second kappa shape index (κ2) is 9.60. The van der Waals surface area contributed by atoms with Crippen LogP contribution in [-0.4, -0.2) is 34.2 Å². The van der Waals surface area contributed by atoms with Crippen LogP contribution in [0.15, 0.2) is 43.0 Å². The lowest BCUT2D eigenvalue weighted by Crippen LogP contribution is -2.49. The molecule has 7 heteroatoms. The molecule has 2 amide bonds. The van der Waals surface area contributed by atoms with E-state index in [4.69, 9.17) is 4.74 Å². The van der Waals surface area contributed by atoms with Gasteiger partial charge < -0.3 is 19.9 Å². The Morgan fingerprint density at radius 3 is 2.69 bits per heavy atom. The summed E-state index contributed by atoms with van der Waals surface area (Å²) in [6.45, 7) is 6.86. The molecule has 0 aliphatic carbocycles. The summed E-state index contributed by atoms with van der Waals surface area (Å²) in [5.41, 5.74) is 2.12. The number of carbonyl (C=O) groups excluding carboxylic acids is 2. The van der Waals surface area contributed by atoms with E-state index in [2.05, 4.69) is 15.6 Å². The summed E-state index contributed by atoms with van der Waals surface area (Å²) in [4.78, 5) is 28.1. The van der Waals surface area contributed by atoms with Crippen LogP contribution in [0.4, 0.5) is 4.79 Å². The molecule has 1 aromatic carbocycles. The Kier molecular flexibility index (Phi) is 7.20. The van der Waals surface area contributed by atoms with E-state index < -0.39 is 12.1 Å². The van der Waals surface area contributed by atoms with Gasteiger partial charge in [-0.1, -0.05) is 38.1 Å². The molecular weight excluding hydrogens is 332 g/mol. The number of nitrogens with one attached hydrogen (secondary N) is 2. The Labute approximate surface area is 153 Å². The zero-order valence-corrected chi connectivity index (χ0v) is 15.4. The molecule has 140 valence electrons. The van der Waals surface area contributed by atoms with Crippen molar-refractivity contribution < 1.29 is 14.3 Å². The van der Waals surface area contributed by atoms with Gasteiger partial charge in [-0.2, -0.15) is 0 Å². The Bertz CT molecular complexity index is 713. The molecule has 0 spiro atoms. The summed E-state index contributed by atoms with van der Waals surface area (Å²) < 4.78 is 6.85. The van der Waals surface area contributed by atoms with Crippen LogP contribution in [0, 0.1) is 5.92 Å². The van der Waals surface area contributed by atoms with Crippen LogP contribution in [0.5, 0.6) is 0 Å². The van der Waals surface area contributed by atoms with E-state index in [0.717, 1.165) is 17.7 Å². The summed E-state index contributed by atoms with van der Waals surface area (Å²) >= 11 is 0. The van der Waals surface area contributed by atoms with Crippen molar-refractivity contribution in [1.29, 1.82) is 0 Å². The molecule has 26 heavy (non-hydrogen) atoms. The third kappa shape index (κ3) is 5.91. The number of alkyl carbamates (subject to hydrolysis) is 1. The van der Waals surface area contributed by atoms with Crippen LogP contribution in [0.3, 0.4) is 0 Å². The molecule has 0 fully saturated rings. The SMILES string of the molecule is CCOC(=O)NC(C(=O)NCc1cccc(Cn2ccnc2)c1)C(C)C. The van der Waals surface area contributed by atoms with Crippen molar-refractivity contribution in [1.82, 2.24) is 20.2 Å². The maximum Gasteiger partial charge on any atom is 0.407 e. The first-order valence-corrected chi connectivity index (χ1v) is 8.74. The fourth-order valence-electron chi connectivity index (χ4n) is 2.56. The molecule has 2 rings (SSSR count). The quantitative estimate of drug-likeness (QED) is 0.758. The number of amides is 2. The van der Waals surface area contributed by atoms with Gasteiger partial charge in [0.25, 0.3) is 0 Å². The summed E-state index contributed by atoms with van der Waals surface area (Å²) in [7, 11) is 0. The highest BCUT2D eigenvalue weighted by atomic mass is 16.5. The number of imidazole rings is 1. The van der Waals surface area contributed by atoms with Crippen molar-refractivity contribution in [2.75, 3.05) is 6.61 Å². The number of benzene rings is 1. The van der Waals surface area contributed by atoms with Crippen molar-refractivity contribution in [3.8, 4) is 0 Å². The highest BCUT2D eigenvalue weighted by Crippen LogP contribution is 2.08. The van der Waals surface area contributed by atoms with Crippen molar-refractivity contribution in [2.45, 2.75) is 39.9 Å². The lowest BCUT2D eigenvalue weighted by atomic mass is 10.0. The van der Waals surface area contributed by atoms with Gasteiger partial charge in [0, 0.05) is 25.5 Å². The smallest absolute Gasteiger partial charge is 0.407 e. The Morgan fingerprint density at radius 2 is 2.04 bits per heavy atom. The third-order valence-electron chi connectivity index (χ3n) is 3.88. The molecule has 0 radical (unpaired) electrons. The molecule has 1 atom stereocenters. The predicted octanol–water partition coefficient (Wildman–Crippen LogP) is 2.32. The first kappa shape index (κ1) is 19.5. The van der Waals surface area contributed by atoms with Crippen molar-refractivity contribution >= 4 is 12.0 Å². The highest BCUT2D eigenvalue weighted by molar-refractivity contribution is 5.85. The first-order chi connectivity index (χ1) is 12.5. The topological polar surface area (TPSA) is 85.2 Å². The largest absolute Gasteiger partial charge is 0.450 e. The van der Waals surface area contributed by atoms with E-state index in [1.54, 1.807) is 19.4 Å². The van der Waals surface area contributed by atoms with Gasteiger partial charge in [0.1, 0.15) is 6.04 Å². The first-order valence-electron chi connectivity index (χ1n) is 8.74. The molecule has 1 aromatic heterocycles. The fraction of sp³-hybridized carbons (Fsp3) is 0.421. The van der Waals surface area contributed by atoms with E-state index in [0.29, 0.717) is 6.54 Å². The Balaban J connectivity index is 1.93. The summed E-state index contributed by atoms with van der Waals surface area (Å²) in [6, 6.07) is 7.36. The lowest BCUT2D eigenvalue weighted by Gasteiger charge is -2.21. The number of hydrogen-bond donors (Lipinski definition) is 2. The average molecular weight is 358 g/mol. The number of hydrogen-bond acceptors (Lipinski definition) is 4. The summed E-state index contributed by atoms with van der Waals surface area (Å²) in [5, 5.41) is 5.50. The monoisotopic (exact) mass is 358 g/mol. The standard InChI is InChI=1S/C19H26N4O3/c1-4-26-19(25)22-17(14(2)3)18(24)21-11-15-6-5-7-16(10-15)12-23-9-8-20-13-23/h5-10,13-14,17H,4,11-12H2,1-3H3,(H,21,24)(H,22,25). The molecule has 0 saturated carbocycles. The van der Waals surface area contributed by atoms with E-state index in [-0.39, 0.29) is 18.4 Å². The second-order valence-corrected chi connectivity index (χ2v) is 6.36. The molecule has 0 saturated heterocycles. The molecule has 2 aromatic rings. The van der Waals surface area contributed by atoms with Crippen molar-refractivity contribution in [3.05, 3.63) is 54.1 Å². The second-order valence-electron chi connectivity index (χ2n) is 6.36. The van der Waals surface area contributed by atoms with E-state index in [1.165, 1.54) is 0 Å². The van der Waals surface area contributed by atoms with Crippen LogP contribution in [-0.2, 0) is 22.6 Å². The van der Waals surface area contributed by atoms with Crippen LogP contribution >= 0.6 is 0 Å². The van der Waals surface area contributed by atoms with Gasteiger partial charge in [0.15, 0.2) is 0 Å².